The Morgan fingerprint density at radius 2 is 2.23 bits per heavy atom. The Hall–Kier alpha value is -1.62. The maximum absolute atomic E-state index is 12.2. The Morgan fingerprint density at radius 3 is 2.95 bits per heavy atom. The van der Waals surface area contributed by atoms with Gasteiger partial charge in [0.05, 0.1) is 0 Å². The number of rotatable bonds is 7. The number of amides is 1. The number of carbonyl (C=O) groups is 1. The smallest absolute Gasteiger partial charge is 0.224 e. The topological polar surface area (TPSA) is 50.4 Å². The molecule has 1 amide bonds. The first-order chi connectivity index (χ1) is 10.7. The van der Waals surface area contributed by atoms with Crippen molar-refractivity contribution in [1.82, 2.24) is 5.32 Å². The Labute approximate surface area is 131 Å². The Balaban J connectivity index is 1.83. The van der Waals surface area contributed by atoms with Crippen LogP contribution in [-0.2, 0) is 4.79 Å². The summed E-state index contributed by atoms with van der Waals surface area (Å²) in [6.07, 6.45) is 2.81. The van der Waals surface area contributed by atoms with Gasteiger partial charge in [0.25, 0.3) is 0 Å². The van der Waals surface area contributed by atoms with Crippen molar-refractivity contribution in [3.05, 3.63) is 24.3 Å². The summed E-state index contributed by atoms with van der Waals surface area (Å²) in [6, 6.07) is 7.08. The summed E-state index contributed by atoms with van der Waals surface area (Å²) in [7, 11) is 0. The van der Waals surface area contributed by atoms with Crippen molar-refractivity contribution >= 4 is 11.6 Å². The molecule has 1 unspecified atom stereocenters. The zero-order valence-electron chi connectivity index (χ0n) is 13.1. The molecule has 1 aromatic carbocycles. The lowest BCUT2D eigenvalue weighted by Crippen LogP contribution is -2.32. The standard InChI is InChI=1S/C17H25FN2O2/c1-13(14-5-8-19-9-6-14)11-17(21)20-15-3-2-4-16(12-15)22-10-7-18/h2-4,12-14,19H,5-11H2,1H3,(H,20,21). The molecule has 4 nitrogen and oxygen atoms in total. The molecule has 22 heavy (non-hydrogen) atoms. The van der Waals surface area contributed by atoms with Crippen molar-refractivity contribution in [2.75, 3.05) is 31.7 Å². The molecule has 0 aliphatic carbocycles. The second-order valence-corrected chi connectivity index (χ2v) is 5.88. The maximum Gasteiger partial charge on any atom is 0.224 e. The van der Waals surface area contributed by atoms with Gasteiger partial charge in [-0.05, 0) is 49.9 Å². The van der Waals surface area contributed by atoms with Crippen LogP contribution in [0.3, 0.4) is 0 Å². The molecular weight excluding hydrogens is 283 g/mol. The van der Waals surface area contributed by atoms with E-state index in [-0.39, 0.29) is 12.5 Å². The highest BCUT2D eigenvalue weighted by atomic mass is 19.1. The van der Waals surface area contributed by atoms with Crippen LogP contribution < -0.4 is 15.4 Å². The van der Waals surface area contributed by atoms with Crippen molar-refractivity contribution in [2.45, 2.75) is 26.2 Å². The zero-order valence-corrected chi connectivity index (χ0v) is 13.1. The number of hydrogen-bond donors (Lipinski definition) is 2. The molecule has 0 spiro atoms. The summed E-state index contributed by atoms with van der Waals surface area (Å²) < 4.78 is 17.3. The molecule has 1 atom stereocenters. The van der Waals surface area contributed by atoms with Gasteiger partial charge in [-0.2, -0.15) is 0 Å². The molecule has 0 saturated carbocycles. The highest BCUT2D eigenvalue weighted by Gasteiger charge is 2.22. The number of ether oxygens (including phenoxy) is 1. The van der Waals surface area contributed by atoms with Gasteiger partial charge in [-0.1, -0.05) is 13.0 Å². The van der Waals surface area contributed by atoms with Crippen LogP contribution in [0.15, 0.2) is 24.3 Å². The summed E-state index contributed by atoms with van der Waals surface area (Å²) in [6.45, 7) is 3.75. The normalized spacial score (nSPS) is 17.0. The van der Waals surface area contributed by atoms with Crippen LogP contribution in [0.1, 0.15) is 26.2 Å². The van der Waals surface area contributed by atoms with Crippen LogP contribution in [0.4, 0.5) is 10.1 Å². The number of piperidine rings is 1. The van der Waals surface area contributed by atoms with Gasteiger partial charge < -0.3 is 15.4 Å². The largest absolute Gasteiger partial charge is 0.491 e. The summed E-state index contributed by atoms with van der Waals surface area (Å²) in [5.74, 6) is 1.59. The number of carbonyl (C=O) groups excluding carboxylic acids is 1. The second-order valence-electron chi connectivity index (χ2n) is 5.88. The van der Waals surface area contributed by atoms with Crippen LogP contribution in [0.25, 0.3) is 0 Å². The number of anilines is 1. The average Bonchev–Trinajstić information content (AvgIpc) is 2.54. The molecule has 1 heterocycles. The van der Waals surface area contributed by atoms with E-state index in [4.69, 9.17) is 4.74 Å². The molecule has 1 fully saturated rings. The summed E-state index contributed by atoms with van der Waals surface area (Å²) in [5.41, 5.74) is 0.693. The number of nitrogens with one attached hydrogen (secondary N) is 2. The Kier molecular flexibility index (Phi) is 6.65. The van der Waals surface area contributed by atoms with E-state index in [2.05, 4.69) is 17.6 Å². The number of hydrogen-bond acceptors (Lipinski definition) is 3. The van der Waals surface area contributed by atoms with E-state index < -0.39 is 6.67 Å². The SMILES string of the molecule is CC(CC(=O)Nc1cccc(OCCF)c1)C1CCNCC1. The van der Waals surface area contributed by atoms with Crippen LogP contribution in [0.2, 0.25) is 0 Å². The fraction of sp³-hybridized carbons (Fsp3) is 0.588. The van der Waals surface area contributed by atoms with Gasteiger partial charge in [0.2, 0.25) is 5.91 Å². The van der Waals surface area contributed by atoms with Crippen LogP contribution in [0, 0.1) is 11.8 Å². The van der Waals surface area contributed by atoms with Crippen molar-refractivity contribution in [3.8, 4) is 5.75 Å². The van der Waals surface area contributed by atoms with Crippen LogP contribution in [0.5, 0.6) is 5.75 Å². The monoisotopic (exact) mass is 308 g/mol. The Morgan fingerprint density at radius 1 is 1.45 bits per heavy atom. The maximum atomic E-state index is 12.2. The molecule has 1 aliphatic heterocycles. The van der Waals surface area contributed by atoms with Crippen molar-refractivity contribution < 1.29 is 13.9 Å². The highest BCUT2D eigenvalue weighted by Crippen LogP contribution is 2.25. The van der Waals surface area contributed by atoms with Gasteiger partial charge in [0.15, 0.2) is 0 Å². The van der Waals surface area contributed by atoms with Crippen LogP contribution >= 0.6 is 0 Å². The Bertz CT molecular complexity index is 475. The van der Waals surface area contributed by atoms with Gasteiger partial charge in [-0.15, -0.1) is 0 Å². The molecule has 0 aromatic heterocycles. The van der Waals surface area contributed by atoms with Crippen LogP contribution in [-0.4, -0.2) is 32.3 Å². The quantitative estimate of drug-likeness (QED) is 0.814. The lowest BCUT2D eigenvalue weighted by atomic mass is 9.84. The third kappa shape index (κ3) is 5.30. The molecule has 1 aromatic rings. The molecule has 5 heteroatoms. The minimum atomic E-state index is -0.523. The summed E-state index contributed by atoms with van der Waals surface area (Å²) in [4.78, 5) is 12.2. The fourth-order valence-corrected chi connectivity index (χ4v) is 2.90. The van der Waals surface area contributed by atoms with Gasteiger partial charge in [0.1, 0.15) is 19.0 Å². The lowest BCUT2D eigenvalue weighted by molar-refractivity contribution is -0.117. The van der Waals surface area contributed by atoms with Gasteiger partial charge >= 0.3 is 0 Å². The molecule has 2 N–H and O–H groups in total. The predicted molar refractivity (Wildman–Crippen MR) is 85.9 cm³/mol. The third-order valence-electron chi connectivity index (χ3n) is 4.16. The van der Waals surface area contributed by atoms with E-state index >= 15 is 0 Å². The summed E-state index contributed by atoms with van der Waals surface area (Å²) in [5, 5.41) is 6.25. The van der Waals surface area contributed by atoms with Crippen molar-refractivity contribution in [1.29, 1.82) is 0 Å². The minimum Gasteiger partial charge on any atom is -0.491 e. The zero-order chi connectivity index (χ0) is 15.8. The van der Waals surface area contributed by atoms with E-state index in [9.17, 15) is 9.18 Å². The van der Waals surface area contributed by atoms with Gasteiger partial charge in [0, 0.05) is 18.2 Å². The molecular formula is C17H25FN2O2. The van der Waals surface area contributed by atoms with E-state index in [0.717, 1.165) is 25.9 Å². The average molecular weight is 308 g/mol. The molecule has 1 aliphatic rings. The minimum absolute atomic E-state index is 0.0219. The lowest BCUT2D eigenvalue weighted by Gasteiger charge is -2.27. The van der Waals surface area contributed by atoms with E-state index in [0.29, 0.717) is 29.7 Å². The number of alkyl halides is 1. The van der Waals surface area contributed by atoms with E-state index in [1.54, 1.807) is 18.2 Å². The van der Waals surface area contributed by atoms with E-state index in [1.165, 1.54) is 0 Å². The number of benzene rings is 1. The number of halogens is 1. The van der Waals surface area contributed by atoms with Crippen molar-refractivity contribution in [3.63, 3.8) is 0 Å². The van der Waals surface area contributed by atoms with Gasteiger partial charge in [-0.3, -0.25) is 4.79 Å². The van der Waals surface area contributed by atoms with Gasteiger partial charge in [-0.25, -0.2) is 4.39 Å². The molecule has 2 rings (SSSR count). The first-order valence-corrected chi connectivity index (χ1v) is 7.98. The van der Waals surface area contributed by atoms with Crippen molar-refractivity contribution in [2.24, 2.45) is 11.8 Å². The molecule has 122 valence electrons. The highest BCUT2D eigenvalue weighted by molar-refractivity contribution is 5.91. The van der Waals surface area contributed by atoms with E-state index in [1.807, 2.05) is 6.07 Å². The molecule has 1 saturated heterocycles. The first kappa shape index (κ1) is 16.7. The second kappa shape index (κ2) is 8.73. The fourth-order valence-electron chi connectivity index (χ4n) is 2.90. The first-order valence-electron chi connectivity index (χ1n) is 7.98. The molecule has 0 bridgehead atoms. The predicted octanol–water partition coefficient (Wildman–Crippen LogP) is 3.00. The third-order valence-corrected chi connectivity index (χ3v) is 4.16. The summed E-state index contributed by atoms with van der Waals surface area (Å²) >= 11 is 0. The molecule has 0 radical (unpaired) electrons.